The van der Waals surface area contributed by atoms with Crippen molar-refractivity contribution in [2.24, 2.45) is 0 Å². The number of benzene rings is 1. The highest BCUT2D eigenvalue weighted by Gasteiger charge is 2.23. The third kappa shape index (κ3) is 3.83. The fourth-order valence-electron chi connectivity index (χ4n) is 2.66. The summed E-state index contributed by atoms with van der Waals surface area (Å²) in [5.74, 6) is -0.646. The van der Waals surface area contributed by atoms with Gasteiger partial charge in [-0.2, -0.15) is 5.10 Å². The number of para-hydroxylation sites is 1. The Morgan fingerprint density at radius 3 is 2.65 bits per heavy atom. The van der Waals surface area contributed by atoms with Gasteiger partial charge in [0, 0.05) is 4.88 Å². The van der Waals surface area contributed by atoms with Gasteiger partial charge in [-0.15, -0.1) is 11.3 Å². The van der Waals surface area contributed by atoms with Gasteiger partial charge in [0.2, 0.25) is 0 Å². The topological polar surface area (TPSA) is 73.2 Å². The van der Waals surface area contributed by atoms with Gasteiger partial charge in [0.05, 0.1) is 42.7 Å². The molecule has 134 valence electrons. The Hall–Kier alpha value is -2.93. The maximum Gasteiger partial charge on any atom is 0.307 e. The molecule has 0 aliphatic rings. The van der Waals surface area contributed by atoms with Gasteiger partial charge in [0.25, 0.3) is 5.91 Å². The molecule has 0 saturated heterocycles. The van der Waals surface area contributed by atoms with Crippen LogP contribution in [0.25, 0.3) is 5.69 Å². The lowest BCUT2D eigenvalue weighted by Crippen LogP contribution is -2.30. The summed E-state index contributed by atoms with van der Waals surface area (Å²) < 4.78 is 6.47. The summed E-state index contributed by atoms with van der Waals surface area (Å²) in [6.07, 6.45) is 1.62. The molecule has 1 aromatic carbocycles. The molecule has 0 aliphatic carbocycles. The van der Waals surface area contributed by atoms with Gasteiger partial charge in [0.1, 0.15) is 0 Å². The summed E-state index contributed by atoms with van der Waals surface area (Å²) in [4.78, 5) is 25.4. The van der Waals surface area contributed by atoms with E-state index in [9.17, 15) is 9.59 Å². The second-order valence-corrected chi connectivity index (χ2v) is 6.69. The third-order valence-corrected chi connectivity index (χ3v) is 5.03. The number of methoxy groups -OCH3 is 1. The number of hydrogen-bond acceptors (Lipinski definition) is 5. The van der Waals surface area contributed by atoms with E-state index in [-0.39, 0.29) is 18.3 Å². The molecule has 26 heavy (non-hydrogen) atoms. The van der Waals surface area contributed by atoms with Crippen molar-refractivity contribution < 1.29 is 14.3 Å². The average Bonchev–Trinajstić information content (AvgIpc) is 3.31. The van der Waals surface area contributed by atoms with Crippen LogP contribution in [-0.2, 0) is 9.53 Å². The van der Waals surface area contributed by atoms with Crippen molar-refractivity contribution in [2.75, 3.05) is 7.11 Å². The molecule has 0 radical (unpaired) electrons. The van der Waals surface area contributed by atoms with Crippen molar-refractivity contribution in [3.8, 4) is 5.69 Å². The van der Waals surface area contributed by atoms with E-state index in [1.165, 1.54) is 18.4 Å². The summed E-state index contributed by atoms with van der Waals surface area (Å²) >= 11 is 1.48. The fraction of sp³-hybridized carbons (Fsp3) is 0.211. The van der Waals surface area contributed by atoms with Crippen LogP contribution in [0.4, 0.5) is 0 Å². The molecular formula is C19H19N3O3S. The summed E-state index contributed by atoms with van der Waals surface area (Å²) in [7, 11) is 1.34. The normalized spacial score (nSPS) is 11.8. The van der Waals surface area contributed by atoms with Crippen LogP contribution in [0.5, 0.6) is 0 Å². The van der Waals surface area contributed by atoms with Crippen LogP contribution < -0.4 is 5.32 Å². The molecule has 7 heteroatoms. The highest BCUT2D eigenvalue weighted by molar-refractivity contribution is 7.10. The highest BCUT2D eigenvalue weighted by atomic mass is 32.1. The number of esters is 1. The minimum absolute atomic E-state index is 0.0780. The zero-order chi connectivity index (χ0) is 18.5. The van der Waals surface area contributed by atoms with Crippen LogP contribution in [0.3, 0.4) is 0 Å². The van der Waals surface area contributed by atoms with E-state index in [0.29, 0.717) is 5.56 Å². The van der Waals surface area contributed by atoms with Crippen molar-refractivity contribution in [2.45, 2.75) is 19.4 Å². The van der Waals surface area contributed by atoms with E-state index >= 15 is 0 Å². The molecule has 1 N–H and O–H groups in total. The zero-order valence-electron chi connectivity index (χ0n) is 14.5. The molecule has 1 unspecified atom stereocenters. The third-order valence-electron chi connectivity index (χ3n) is 4.05. The van der Waals surface area contributed by atoms with E-state index in [1.807, 2.05) is 54.8 Å². The first kappa shape index (κ1) is 17.9. The van der Waals surface area contributed by atoms with Crippen molar-refractivity contribution in [1.29, 1.82) is 0 Å². The molecule has 1 atom stereocenters. The predicted molar refractivity (Wildman–Crippen MR) is 99.5 cm³/mol. The molecule has 0 bridgehead atoms. The quantitative estimate of drug-likeness (QED) is 0.677. The Bertz CT molecular complexity index is 888. The smallest absolute Gasteiger partial charge is 0.307 e. The molecule has 0 aliphatic heterocycles. The average molecular weight is 369 g/mol. The van der Waals surface area contributed by atoms with Crippen molar-refractivity contribution in [3.63, 3.8) is 0 Å². The number of hydrogen-bond donors (Lipinski definition) is 1. The molecule has 3 aromatic rings. The van der Waals surface area contributed by atoms with E-state index in [1.54, 1.807) is 10.9 Å². The van der Waals surface area contributed by atoms with Crippen LogP contribution >= 0.6 is 11.3 Å². The SMILES string of the molecule is COC(=O)CC(NC(=O)c1cnn(-c2ccccc2)c1C)c1cccs1. The number of carbonyl (C=O) groups excluding carboxylic acids is 2. The number of nitrogens with zero attached hydrogens (tertiary/aromatic N) is 2. The van der Waals surface area contributed by atoms with Gasteiger partial charge < -0.3 is 10.1 Å². The lowest BCUT2D eigenvalue weighted by Gasteiger charge is -2.16. The molecule has 2 aromatic heterocycles. The number of thiophene rings is 1. The molecular weight excluding hydrogens is 350 g/mol. The summed E-state index contributed by atoms with van der Waals surface area (Å²) in [6, 6.07) is 12.9. The number of carbonyl (C=O) groups is 2. The second-order valence-electron chi connectivity index (χ2n) is 5.71. The first-order valence-electron chi connectivity index (χ1n) is 8.11. The van der Waals surface area contributed by atoms with Crippen LogP contribution in [-0.4, -0.2) is 28.8 Å². The summed E-state index contributed by atoms with van der Waals surface area (Å²) in [6.45, 7) is 1.84. The lowest BCUT2D eigenvalue weighted by molar-refractivity contribution is -0.141. The zero-order valence-corrected chi connectivity index (χ0v) is 15.3. The Kier molecular flexibility index (Phi) is 5.48. The Morgan fingerprint density at radius 2 is 2.00 bits per heavy atom. The minimum Gasteiger partial charge on any atom is -0.469 e. The molecule has 0 spiro atoms. The molecule has 0 fully saturated rings. The van der Waals surface area contributed by atoms with E-state index < -0.39 is 6.04 Å². The molecule has 6 nitrogen and oxygen atoms in total. The first-order valence-corrected chi connectivity index (χ1v) is 8.99. The molecule has 0 saturated carbocycles. The van der Waals surface area contributed by atoms with Crippen molar-refractivity contribution >= 4 is 23.2 Å². The highest BCUT2D eigenvalue weighted by Crippen LogP contribution is 2.23. The maximum absolute atomic E-state index is 12.8. The van der Waals surface area contributed by atoms with Crippen molar-refractivity contribution in [3.05, 3.63) is 70.2 Å². The fourth-order valence-corrected chi connectivity index (χ4v) is 3.44. The maximum atomic E-state index is 12.8. The van der Waals surface area contributed by atoms with Gasteiger partial charge in [0.15, 0.2) is 0 Å². The number of ether oxygens (including phenoxy) is 1. The number of rotatable bonds is 6. The minimum atomic E-state index is -0.436. The molecule has 3 rings (SSSR count). The number of nitrogens with one attached hydrogen (secondary N) is 1. The van der Waals surface area contributed by atoms with Gasteiger partial charge in [-0.05, 0) is 30.5 Å². The first-order chi connectivity index (χ1) is 12.6. The summed E-state index contributed by atoms with van der Waals surface area (Å²) in [5.41, 5.74) is 2.09. The Morgan fingerprint density at radius 1 is 1.23 bits per heavy atom. The summed E-state index contributed by atoms with van der Waals surface area (Å²) in [5, 5.41) is 9.15. The largest absolute Gasteiger partial charge is 0.469 e. The monoisotopic (exact) mass is 369 g/mol. The van der Waals surface area contributed by atoms with E-state index in [4.69, 9.17) is 4.74 Å². The molecule has 1 amide bonds. The number of amides is 1. The van der Waals surface area contributed by atoms with Crippen LogP contribution in [0.2, 0.25) is 0 Å². The van der Waals surface area contributed by atoms with Gasteiger partial charge in [-0.1, -0.05) is 24.3 Å². The second kappa shape index (κ2) is 7.97. The number of aromatic nitrogens is 2. The lowest BCUT2D eigenvalue weighted by atomic mass is 10.1. The van der Waals surface area contributed by atoms with Gasteiger partial charge in [-0.25, -0.2) is 4.68 Å². The van der Waals surface area contributed by atoms with Crippen LogP contribution in [0.1, 0.15) is 33.4 Å². The standard InChI is InChI=1S/C19H19N3O3S/c1-13-15(12-20-22(13)14-7-4-3-5-8-14)19(24)21-16(11-18(23)25-2)17-9-6-10-26-17/h3-10,12,16H,11H2,1-2H3,(H,21,24). The van der Waals surface area contributed by atoms with Crippen LogP contribution in [0, 0.1) is 6.92 Å². The Labute approximate surface area is 155 Å². The predicted octanol–water partition coefficient (Wildman–Crippen LogP) is 3.28. The van der Waals surface area contributed by atoms with Gasteiger partial charge in [-0.3, -0.25) is 9.59 Å². The van der Waals surface area contributed by atoms with E-state index in [0.717, 1.165) is 16.3 Å². The van der Waals surface area contributed by atoms with Crippen LogP contribution in [0.15, 0.2) is 54.0 Å². The molecule has 2 heterocycles. The van der Waals surface area contributed by atoms with Gasteiger partial charge >= 0.3 is 5.97 Å². The van der Waals surface area contributed by atoms with Crippen molar-refractivity contribution in [1.82, 2.24) is 15.1 Å². The Balaban J connectivity index is 1.82. The van der Waals surface area contributed by atoms with E-state index in [2.05, 4.69) is 10.4 Å².